The zero-order valence-electron chi connectivity index (χ0n) is 11.7. The molecule has 0 amide bonds. The first-order chi connectivity index (χ1) is 8.72. The lowest BCUT2D eigenvalue weighted by atomic mass is 9.84. The van der Waals surface area contributed by atoms with E-state index in [1.807, 2.05) is 0 Å². The average Bonchev–Trinajstić information content (AvgIpc) is 2.38. The van der Waals surface area contributed by atoms with Gasteiger partial charge >= 0.3 is 0 Å². The monoisotopic (exact) mass is 256 g/mol. The number of ether oxygens (including phenoxy) is 1. The van der Waals surface area contributed by atoms with Crippen molar-refractivity contribution in [2.75, 3.05) is 53.0 Å². The fourth-order valence-corrected chi connectivity index (χ4v) is 3.18. The van der Waals surface area contributed by atoms with E-state index < -0.39 is 5.60 Å². The predicted octanol–water partition coefficient (Wildman–Crippen LogP) is 0.946. The molecule has 4 nitrogen and oxygen atoms in total. The van der Waals surface area contributed by atoms with Crippen molar-refractivity contribution in [3.63, 3.8) is 0 Å². The van der Waals surface area contributed by atoms with Crippen LogP contribution in [-0.4, -0.2) is 73.5 Å². The molecule has 1 aliphatic heterocycles. The molecule has 1 N–H and O–H groups in total. The molecule has 0 radical (unpaired) electrons. The Labute approximate surface area is 111 Å². The number of nitrogens with zero attached hydrogens (tertiary/aromatic N) is 2. The highest BCUT2D eigenvalue weighted by molar-refractivity contribution is 4.87. The van der Waals surface area contributed by atoms with E-state index in [0.717, 1.165) is 58.7 Å². The van der Waals surface area contributed by atoms with Crippen LogP contribution in [0.2, 0.25) is 0 Å². The van der Waals surface area contributed by atoms with Crippen molar-refractivity contribution >= 4 is 0 Å². The third-order valence-corrected chi connectivity index (χ3v) is 4.38. The summed E-state index contributed by atoms with van der Waals surface area (Å²) in [5.74, 6) is 0. The fraction of sp³-hybridized carbons (Fsp3) is 1.00. The molecule has 0 aromatic heterocycles. The van der Waals surface area contributed by atoms with E-state index in [2.05, 4.69) is 9.80 Å². The number of hydrogen-bond donors (Lipinski definition) is 1. The highest BCUT2D eigenvalue weighted by Crippen LogP contribution is 2.29. The fourth-order valence-electron chi connectivity index (χ4n) is 3.18. The molecule has 106 valence electrons. The molecule has 0 atom stereocenters. The van der Waals surface area contributed by atoms with Gasteiger partial charge in [-0.25, -0.2) is 0 Å². The summed E-state index contributed by atoms with van der Waals surface area (Å²) in [7, 11) is 1.76. The van der Waals surface area contributed by atoms with E-state index in [1.165, 1.54) is 19.3 Å². The molecule has 18 heavy (non-hydrogen) atoms. The summed E-state index contributed by atoms with van der Waals surface area (Å²) < 4.78 is 5.11. The molecule has 0 spiro atoms. The zero-order valence-corrected chi connectivity index (χ0v) is 11.7. The molecular weight excluding hydrogens is 228 g/mol. The molecule has 2 rings (SSSR count). The lowest BCUT2D eigenvalue weighted by Crippen LogP contribution is -2.52. The number of piperazine rings is 1. The summed E-state index contributed by atoms with van der Waals surface area (Å²) in [5.41, 5.74) is -0.396. The molecule has 2 fully saturated rings. The smallest absolute Gasteiger partial charge is 0.0774 e. The SMILES string of the molecule is COCCN1CCN(CC2(O)CCCCC2)CC1. The van der Waals surface area contributed by atoms with Gasteiger partial charge in [-0.05, 0) is 12.8 Å². The lowest BCUT2D eigenvalue weighted by Gasteiger charge is -2.41. The van der Waals surface area contributed by atoms with E-state index in [1.54, 1.807) is 7.11 Å². The van der Waals surface area contributed by atoms with Crippen molar-refractivity contribution in [2.24, 2.45) is 0 Å². The van der Waals surface area contributed by atoms with E-state index in [4.69, 9.17) is 4.74 Å². The van der Waals surface area contributed by atoms with Gasteiger partial charge in [-0.3, -0.25) is 9.80 Å². The highest BCUT2D eigenvalue weighted by Gasteiger charge is 2.32. The normalized spacial score (nSPS) is 26.3. The third kappa shape index (κ3) is 4.19. The Hall–Kier alpha value is -0.160. The Morgan fingerprint density at radius 3 is 2.22 bits per heavy atom. The molecule has 2 aliphatic rings. The van der Waals surface area contributed by atoms with Crippen molar-refractivity contribution in [1.82, 2.24) is 9.80 Å². The zero-order chi connectivity index (χ0) is 12.8. The van der Waals surface area contributed by atoms with Gasteiger partial charge in [0.25, 0.3) is 0 Å². The summed E-state index contributed by atoms with van der Waals surface area (Å²) in [6.45, 7) is 7.14. The van der Waals surface area contributed by atoms with Crippen molar-refractivity contribution < 1.29 is 9.84 Å². The van der Waals surface area contributed by atoms with Gasteiger partial charge in [-0.2, -0.15) is 0 Å². The average molecular weight is 256 g/mol. The molecule has 1 saturated carbocycles. The topological polar surface area (TPSA) is 35.9 Å². The first kappa shape index (κ1) is 14.3. The van der Waals surface area contributed by atoms with Crippen LogP contribution in [0.15, 0.2) is 0 Å². The van der Waals surface area contributed by atoms with Crippen LogP contribution in [0.25, 0.3) is 0 Å². The van der Waals surface area contributed by atoms with Gasteiger partial charge in [-0.1, -0.05) is 19.3 Å². The number of hydrogen-bond acceptors (Lipinski definition) is 4. The van der Waals surface area contributed by atoms with Gasteiger partial charge in [-0.15, -0.1) is 0 Å². The van der Waals surface area contributed by atoms with Gasteiger partial charge in [0, 0.05) is 46.4 Å². The largest absolute Gasteiger partial charge is 0.389 e. The minimum absolute atomic E-state index is 0.396. The van der Waals surface area contributed by atoms with Crippen molar-refractivity contribution in [1.29, 1.82) is 0 Å². The van der Waals surface area contributed by atoms with Crippen molar-refractivity contribution in [3.05, 3.63) is 0 Å². The first-order valence-electron chi connectivity index (χ1n) is 7.38. The van der Waals surface area contributed by atoms with E-state index >= 15 is 0 Å². The minimum Gasteiger partial charge on any atom is -0.389 e. The molecule has 1 aliphatic carbocycles. The van der Waals surface area contributed by atoms with Crippen LogP contribution in [-0.2, 0) is 4.74 Å². The maximum atomic E-state index is 10.6. The minimum atomic E-state index is -0.396. The van der Waals surface area contributed by atoms with Crippen molar-refractivity contribution in [2.45, 2.75) is 37.7 Å². The van der Waals surface area contributed by atoms with Crippen LogP contribution in [0.1, 0.15) is 32.1 Å². The van der Waals surface area contributed by atoms with Gasteiger partial charge in [0.05, 0.1) is 12.2 Å². The third-order valence-electron chi connectivity index (χ3n) is 4.38. The van der Waals surface area contributed by atoms with Crippen molar-refractivity contribution in [3.8, 4) is 0 Å². The highest BCUT2D eigenvalue weighted by atomic mass is 16.5. The predicted molar refractivity (Wildman–Crippen MR) is 72.8 cm³/mol. The molecule has 1 heterocycles. The Kier molecular flexibility index (Phi) is 5.42. The Morgan fingerprint density at radius 1 is 1.00 bits per heavy atom. The number of β-amino-alcohol motifs (C(OH)–C–C–N with tert-alkyl or cyclic N) is 1. The van der Waals surface area contributed by atoms with E-state index in [9.17, 15) is 5.11 Å². The van der Waals surface area contributed by atoms with E-state index in [0.29, 0.717) is 0 Å². The van der Waals surface area contributed by atoms with Crippen LogP contribution in [0.4, 0.5) is 0 Å². The van der Waals surface area contributed by atoms with Gasteiger partial charge in [0.15, 0.2) is 0 Å². The molecule has 0 bridgehead atoms. The second-order valence-electron chi connectivity index (χ2n) is 5.90. The van der Waals surface area contributed by atoms with Gasteiger partial charge < -0.3 is 9.84 Å². The number of rotatable bonds is 5. The molecule has 1 saturated heterocycles. The van der Waals surface area contributed by atoms with Crippen LogP contribution in [0.5, 0.6) is 0 Å². The molecule has 0 unspecified atom stereocenters. The molecule has 0 aromatic carbocycles. The second kappa shape index (κ2) is 6.85. The second-order valence-corrected chi connectivity index (χ2v) is 5.90. The first-order valence-corrected chi connectivity index (χ1v) is 7.38. The van der Waals surface area contributed by atoms with Gasteiger partial charge in [0.2, 0.25) is 0 Å². The summed E-state index contributed by atoms with van der Waals surface area (Å²) in [5, 5.41) is 10.6. The Morgan fingerprint density at radius 2 is 1.61 bits per heavy atom. The summed E-state index contributed by atoms with van der Waals surface area (Å²) >= 11 is 0. The maximum Gasteiger partial charge on any atom is 0.0774 e. The quantitative estimate of drug-likeness (QED) is 0.794. The summed E-state index contributed by atoms with van der Waals surface area (Å²) in [6.07, 6.45) is 5.69. The molecular formula is C14H28N2O2. The van der Waals surface area contributed by atoms with Crippen LogP contribution in [0.3, 0.4) is 0 Å². The number of aliphatic hydroxyl groups is 1. The van der Waals surface area contributed by atoms with Crippen LogP contribution in [0, 0.1) is 0 Å². The Bertz CT molecular complexity index is 234. The summed E-state index contributed by atoms with van der Waals surface area (Å²) in [6, 6.07) is 0. The standard InChI is InChI=1S/C14H28N2O2/c1-18-12-11-15-7-9-16(10-8-15)13-14(17)5-3-2-4-6-14/h17H,2-13H2,1H3. The molecule has 0 aromatic rings. The van der Waals surface area contributed by atoms with Crippen LogP contribution >= 0.6 is 0 Å². The Balaban J connectivity index is 1.69. The summed E-state index contributed by atoms with van der Waals surface area (Å²) in [4.78, 5) is 4.89. The van der Waals surface area contributed by atoms with Gasteiger partial charge in [0.1, 0.15) is 0 Å². The number of methoxy groups -OCH3 is 1. The molecule has 4 heteroatoms. The van der Waals surface area contributed by atoms with Crippen LogP contribution < -0.4 is 0 Å². The maximum absolute atomic E-state index is 10.6. The van der Waals surface area contributed by atoms with E-state index in [-0.39, 0.29) is 0 Å². The lowest BCUT2D eigenvalue weighted by molar-refractivity contribution is -0.0364.